The molecule has 2 nitrogen and oxygen atoms in total. The van der Waals surface area contributed by atoms with E-state index >= 15 is 0 Å². The fourth-order valence-corrected chi connectivity index (χ4v) is 1.51. The van der Waals surface area contributed by atoms with Gasteiger partial charge in [-0.3, -0.25) is 0 Å². The molecule has 70 valence electrons. The summed E-state index contributed by atoms with van der Waals surface area (Å²) in [5.41, 5.74) is 7.65. The van der Waals surface area contributed by atoms with E-state index in [4.69, 9.17) is 17.3 Å². The predicted molar refractivity (Wildman–Crippen MR) is 59.1 cm³/mol. The number of anilines is 1. The van der Waals surface area contributed by atoms with E-state index in [1.165, 1.54) is 0 Å². The predicted octanol–water partition coefficient (Wildman–Crippen LogP) is 2.98. The molecule has 0 saturated carbocycles. The molecule has 1 aromatic heterocycles. The molecular weight excluding hydrogens is 196 g/mol. The van der Waals surface area contributed by atoms with E-state index < -0.39 is 0 Å². The third-order valence-corrected chi connectivity index (χ3v) is 2.21. The summed E-state index contributed by atoms with van der Waals surface area (Å²) in [6.07, 6.45) is 1.67. The summed E-state index contributed by atoms with van der Waals surface area (Å²) in [7, 11) is 0. The normalized spacial score (nSPS) is 10.1. The molecule has 2 N–H and O–H groups in total. The van der Waals surface area contributed by atoms with E-state index in [1.54, 1.807) is 6.20 Å². The number of nitrogens with two attached hydrogens (primary N) is 1. The lowest BCUT2D eigenvalue weighted by Crippen LogP contribution is -1.92. The summed E-state index contributed by atoms with van der Waals surface area (Å²) in [5, 5.41) is 0.700. The second-order valence-corrected chi connectivity index (χ2v) is 3.38. The first-order valence-corrected chi connectivity index (χ1v) is 4.61. The molecule has 0 amide bonds. The van der Waals surface area contributed by atoms with Crippen LogP contribution in [0, 0.1) is 0 Å². The largest absolute Gasteiger partial charge is 0.383 e. The van der Waals surface area contributed by atoms with Crippen LogP contribution in [0.5, 0.6) is 0 Å². The quantitative estimate of drug-likeness (QED) is 0.776. The number of pyridine rings is 1. The maximum absolute atomic E-state index is 5.89. The average molecular weight is 205 g/mol. The summed E-state index contributed by atoms with van der Waals surface area (Å²) in [4.78, 5) is 4.02. The molecule has 0 fully saturated rings. The number of rotatable bonds is 1. The third kappa shape index (κ3) is 1.70. The van der Waals surface area contributed by atoms with Crippen molar-refractivity contribution in [3.05, 3.63) is 47.6 Å². The van der Waals surface area contributed by atoms with Crippen LogP contribution >= 0.6 is 11.6 Å². The van der Waals surface area contributed by atoms with Crippen LogP contribution in [0.3, 0.4) is 0 Å². The molecule has 0 saturated heterocycles. The van der Waals surface area contributed by atoms with Crippen molar-refractivity contribution in [2.45, 2.75) is 0 Å². The highest BCUT2D eigenvalue weighted by atomic mass is 35.5. The Morgan fingerprint density at radius 3 is 2.71 bits per heavy atom. The molecule has 2 aromatic rings. The van der Waals surface area contributed by atoms with Crippen molar-refractivity contribution in [1.82, 2.24) is 4.98 Å². The first kappa shape index (κ1) is 9.03. The highest BCUT2D eigenvalue weighted by molar-refractivity contribution is 6.30. The van der Waals surface area contributed by atoms with Crippen LogP contribution < -0.4 is 5.73 Å². The number of benzene rings is 1. The lowest BCUT2D eigenvalue weighted by Gasteiger charge is -2.04. The monoisotopic (exact) mass is 204 g/mol. The lowest BCUT2D eigenvalue weighted by molar-refractivity contribution is 1.34. The molecule has 0 unspecified atom stereocenters. The molecule has 0 radical (unpaired) electrons. The van der Waals surface area contributed by atoms with Gasteiger partial charge in [0, 0.05) is 16.8 Å². The Labute approximate surface area is 87.4 Å². The Morgan fingerprint density at radius 2 is 2.00 bits per heavy atom. The maximum atomic E-state index is 5.89. The Kier molecular flexibility index (Phi) is 2.37. The van der Waals surface area contributed by atoms with Crippen LogP contribution in [0.4, 0.5) is 5.82 Å². The van der Waals surface area contributed by atoms with Crippen LogP contribution in [0.25, 0.3) is 11.1 Å². The minimum absolute atomic E-state index is 0.523. The summed E-state index contributed by atoms with van der Waals surface area (Å²) in [6, 6.07) is 11.3. The summed E-state index contributed by atoms with van der Waals surface area (Å²) in [6.45, 7) is 0. The fourth-order valence-electron chi connectivity index (χ4n) is 1.32. The van der Waals surface area contributed by atoms with Crippen molar-refractivity contribution in [2.24, 2.45) is 0 Å². The molecular formula is C11H9ClN2. The second-order valence-electron chi connectivity index (χ2n) is 2.95. The first-order chi connectivity index (χ1) is 6.77. The molecule has 1 heterocycles. The average Bonchev–Trinajstić information content (AvgIpc) is 2.18. The summed E-state index contributed by atoms with van der Waals surface area (Å²) < 4.78 is 0. The van der Waals surface area contributed by atoms with Gasteiger partial charge >= 0.3 is 0 Å². The van der Waals surface area contributed by atoms with Gasteiger partial charge in [0.25, 0.3) is 0 Å². The van der Waals surface area contributed by atoms with E-state index in [-0.39, 0.29) is 0 Å². The van der Waals surface area contributed by atoms with E-state index in [9.17, 15) is 0 Å². The minimum atomic E-state index is 0.523. The van der Waals surface area contributed by atoms with Gasteiger partial charge in [-0.25, -0.2) is 4.98 Å². The third-order valence-electron chi connectivity index (χ3n) is 1.97. The van der Waals surface area contributed by atoms with Crippen molar-refractivity contribution < 1.29 is 0 Å². The van der Waals surface area contributed by atoms with Gasteiger partial charge in [0.1, 0.15) is 5.82 Å². The Bertz CT molecular complexity index is 455. The fraction of sp³-hybridized carbons (Fsp3) is 0. The summed E-state index contributed by atoms with van der Waals surface area (Å²) in [5.74, 6) is 0.523. The molecule has 1 aromatic carbocycles. The van der Waals surface area contributed by atoms with Crippen molar-refractivity contribution in [1.29, 1.82) is 0 Å². The molecule has 0 aliphatic heterocycles. The zero-order chi connectivity index (χ0) is 9.97. The van der Waals surface area contributed by atoms with Gasteiger partial charge in [-0.1, -0.05) is 23.7 Å². The SMILES string of the molecule is Nc1ncccc1-c1cccc(Cl)c1. The zero-order valence-electron chi connectivity index (χ0n) is 7.44. The highest BCUT2D eigenvalue weighted by Crippen LogP contribution is 2.25. The molecule has 14 heavy (non-hydrogen) atoms. The molecule has 0 aliphatic carbocycles. The number of hydrogen-bond acceptors (Lipinski definition) is 2. The van der Waals surface area contributed by atoms with E-state index in [0.717, 1.165) is 11.1 Å². The maximum Gasteiger partial charge on any atom is 0.131 e. The molecule has 0 spiro atoms. The molecule has 0 atom stereocenters. The van der Waals surface area contributed by atoms with Gasteiger partial charge in [0.15, 0.2) is 0 Å². The second kappa shape index (κ2) is 3.68. The Morgan fingerprint density at radius 1 is 1.14 bits per heavy atom. The van der Waals surface area contributed by atoms with Crippen LogP contribution in [-0.2, 0) is 0 Å². The molecule has 0 bridgehead atoms. The van der Waals surface area contributed by atoms with Gasteiger partial charge in [-0.05, 0) is 29.8 Å². The van der Waals surface area contributed by atoms with Crippen LogP contribution in [0.1, 0.15) is 0 Å². The number of halogens is 1. The van der Waals surface area contributed by atoms with E-state index in [1.807, 2.05) is 36.4 Å². The number of nitrogen functional groups attached to an aromatic ring is 1. The Balaban J connectivity index is 2.55. The highest BCUT2D eigenvalue weighted by Gasteiger charge is 2.02. The zero-order valence-corrected chi connectivity index (χ0v) is 8.20. The van der Waals surface area contributed by atoms with Gasteiger partial charge in [-0.2, -0.15) is 0 Å². The molecule has 2 rings (SSSR count). The van der Waals surface area contributed by atoms with Crippen LogP contribution in [0.15, 0.2) is 42.6 Å². The van der Waals surface area contributed by atoms with Crippen molar-refractivity contribution in [3.63, 3.8) is 0 Å². The number of hydrogen-bond donors (Lipinski definition) is 1. The first-order valence-electron chi connectivity index (χ1n) is 4.24. The van der Waals surface area contributed by atoms with Gasteiger partial charge in [-0.15, -0.1) is 0 Å². The van der Waals surface area contributed by atoms with Crippen molar-refractivity contribution in [3.8, 4) is 11.1 Å². The molecule has 3 heteroatoms. The number of aromatic nitrogens is 1. The Hall–Kier alpha value is -1.54. The van der Waals surface area contributed by atoms with Gasteiger partial charge in [0.05, 0.1) is 0 Å². The van der Waals surface area contributed by atoms with Crippen molar-refractivity contribution >= 4 is 17.4 Å². The van der Waals surface area contributed by atoms with Crippen molar-refractivity contribution in [2.75, 3.05) is 5.73 Å². The van der Waals surface area contributed by atoms with Crippen LogP contribution in [0.2, 0.25) is 5.02 Å². The standard InChI is InChI=1S/C11H9ClN2/c12-9-4-1-3-8(7-9)10-5-2-6-14-11(10)13/h1-7H,(H2,13,14). The van der Waals surface area contributed by atoms with Gasteiger partial charge in [0.2, 0.25) is 0 Å². The van der Waals surface area contributed by atoms with E-state index in [0.29, 0.717) is 10.8 Å². The van der Waals surface area contributed by atoms with Crippen LogP contribution in [-0.4, -0.2) is 4.98 Å². The smallest absolute Gasteiger partial charge is 0.131 e. The lowest BCUT2D eigenvalue weighted by atomic mass is 10.1. The topological polar surface area (TPSA) is 38.9 Å². The number of nitrogens with zero attached hydrogens (tertiary/aromatic N) is 1. The minimum Gasteiger partial charge on any atom is -0.383 e. The van der Waals surface area contributed by atoms with Gasteiger partial charge < -0.3 is 5.73 Å². The van der Waals surface area contributed by atoms with E-state index in [2.05, 4.69) is 4.98 Å². The molecule has 0 aliphatic rings. The summed E-state index contributed by atoms with van der Waals surface area (Å²) >= 11 is 5.89.